The maximum absolute atomic E-state index is 11.3. The Labute approximate surface area is 106 Å². The Hall–Kier alpha value is -1.88. The first-order chi connectivity index (χ1) is 8.33. The molecule has 1 aromatic heterocycles. The number of nitrogens with two attached hydrogens (primary N) is 1. The predicted molar refractivity (Wildman–Crippen MR) is 68.9 cm³/mol. The number of aliphatic hydroxyl groups is 1. The monoisotopic (exact) mass is 250 g/mol. The van der Waals surface area contributed by atoms with Gasteiger partial charge in [0.05, 0.1) is 16.9 Å². The van der Waals surface area contributed by atoms with E-state index in [1.807, 2.05) is 0 Å². The summed E-state index contributed by atoms with van der Waals surface area (Å²) >= 11 is 0. The minimum Gasteiger partial charge on any atom is -0.490 e. The molecule has 0 amide bonds. The number of hydrogen-bond acceptors (Lipinski definition) is 5. The molecule has 0 aliphatic heterocycles. The zero-order valence-corrected chi connectivity index (χ0v) is 10.8. The molecule has 0 aromatic carbocycles. The fourth-order valence-corrected chi connectivity index (χ4v) is 1.29. The molecule has 0 saturated heterocycles. The molecule has 0 unspecified atom stereocenters. The van der Waals surface area contributed by atoms with E-state index in [1.165, 1.54) is 19.3 Å². The Morgan fingerprint density at radius 1 is 1.61 bits per heavy atom. The fraction of sp³-hybridized carbons (Fsp3) is 0.385. The molecule has 98 valence electrons. The Morgan fingerprint density at radius 2 is 2.28 bits per heavy atom. The molecule has 0 bridgehead atoms. The van der Waals surface area contributed by atoms with Crippen LogP contribution in [0.25, 0.3) is 5.57 Å². The van der Waals surface area contributed by atoms with Crippen molar-refractivity contribution >= 4 is 11.4 Å². The zero-order valence-electron chi connectivity index (χ0n) is 10.8. The number of hydrogen-bond donors (Lipinski definition) is 2. The maximum atomic E-state index is 11.3. The van der Waals surface area contributed by atoms with Gasteiger partial charge in [0.25, 0.3) is 0 Å². The molecule has 5 nitrogen and oxygen atoms in total. The molecular formula is C13H18N2O3. The fourth-order valence-electron chi connectivity index (χ4n) is 1.29. The molecule has 0 fully saturated rings. The first-order valence-electron chi connectivity index (χ1n) is 5.58. The number of ketones is 1. The quantitative estimate of drug-likeness (QED) is 0.765. The maximum Gasteiger partial charge on any atom is 0.163 e. The van der Waals surface area contributed by atoms with E-state index in [4.69, 9.17) is 10.5 Å². The van der Waals surface area contributed by atoms with E-state index < -0.39 is 5.60 Å². The van der Waals surface area contributed by atoms with E-state index in [9.17, 15) is 9.90 Å². The lowest BCUT2D eigenvalue weighted by molar-refractivity contribution is -0.111. The number of rotatable bonds is 5. The van der Waals surface area contributed by atoms with Crippen molar-refractivity contribution in [2.75, 3.05) is 6.61 Å². The van der Waals surface area contributed by atoms with Crippen molar-refractivity contribution in [3.8, 4) is 5.75 Å². The predicted octanol–water partition coefficient (Wildman–Crippen LogP) is 1.12. The van der Waals surface area contributed by atoms with Gasteiger partial charge in [-0.25, -0.2) is 0 Å². The van der Waals surface area contributed by atoms with Gasteiger partial charge in [-0.05, 0) is 26.8 Å². The molecule has 0 aliphatic rings. The minimum absolute atomic E-state index is 0.151. The smallest absolute Gasteiger partial charge is 0.163 e. The second-order valence-corrected chi connectivity index (χ2v) is 4.61. The van der Waals surface area contributed by atoms with Gasteiger partial charge in [-0.1, -0.05) is 0 Å². The van der Waals surface area contributed by atoms with Crippen LogP contribution in [0.3, 0.4) is 0 Å². The van der Waals surface area contributed by atoms with E-state index in [0.717, 1.165) is 0 Å². The van der Waals surface area contributed by atoms with Gasteiger partial charge in [0, 0.05) is 18.5 Å². The molecular weight excluding hydrogens is 232 g/mol. The van der Waals surface area contributed by atoms with Crippen LogP contribution in [0.15, 0.2) is 24.5 Å². The summed E-state index contributed by atoms with van der Waals surface area (Å²) in [7, 11) is 0. The van der Waals surface area contributed by atoms with Crippen molar-refractivity contribution < 1.29 is 14.6 Å². The largest absolute Gasteiger partial charge is 0.490 e. The summed E-state index contributed by atoms with van der Waals surface area (Å²) in [5.74, 6) is 0.368. The van der Waals surface area contributed by atoms with Gasteiger partial charge in [-0.2, -0.15) is 0 Å². The van der Waals surface area contributed by atoms with E-state index in [-0.39, 0.29) is 12.4 Å². The highest BCUT2D eigenvalue weighted by Gasteiger charge is 2.14. The van der Waals surface area contributed by atoms with Gasteiger partial charge in [0.2, 0.25) is 0 Å². The van der Waals surface area contributed by atoms with Crippen molar-refractivity contribution in [3.05, 3.63) is 30.2 Å². The number of Topliss-reactive ketones (excluding diaryl/α,β-unsaturated/α-hetero) is 1. The number of carbonyl (C=O) groups excluding carboxylic acids is 1. The van der Waals surface area contributed by atoms with Gasteiger partial charge in [-0.3, -0.25) is 9.78 Å². The molecule has 5 heteroatoms. The third-order valence-corrected chi connectivity index (χ3v) is 2.15. The third kappa shape index (κ3) is 4.18. The van der Waals surface area contributed by atoms with Crippen LogP contribution in [-0.2, 0) is 4.79 Å². The molecule has 1 aromatic rings. The van der Waals surface area contributed by atoms with E-state index in [1.54, 1.807) is 26.0 Å². The van der Waals surface area contributed by atoms with E-state index in [2.05, 4.69) is 4.98 Å². The highest BCUT2D eigenvalue weighted by Crippen LogP contribution is 2.18. The summed E-state index contributed by atoms with van der Waals surface area (Å²) in [6.07, 6.45) is 2.76. The zero-order chi connectivity index (χ0) is 13.8. The van der Waals surface area contributed by atoms with Crippen molar-refractivity contribution in [3.63, 3.8) is 0 Å². The van der Waals surface area contributed by atoms with Gasteiger partial charge in [0.1, 0.15) is 12.4 Å². The summed E-state index contributed by atoms with van der Waals surface area (Å²) in [6, 6.07) is 3.27. The lowest BCUT2D eigenvalue weighted by Gasteiger charge is -2.18. The third-order valence-electron chi connectivity index (χ3n) is 2.15. The number of allylic oxidation sites excluding steroid dienone is 1. The average Bonchev–Trinajstić information content (AvgIpc) is 2.26. The van der Waals surface area contributed by atoms with Crippen LogP contribution >= 0.6 is 0 Å². The van der Waals surface area contributed by atoms with E-state index in [0.29, 0.717) is 17.0 Å². The Balaban J connectivity index is 2.89. The van der Waals surface area contributed by atoms with Gasteiger partial charge < -0.3 is 15.6 Å². The first-order valence-corrected chi connectivity index (χ1v) is 5.58. The molecule has 0 atom stereocenters. The summed E-state index contributed by atoms with van der Waals surface area (Å²) in [4.78, 5) is 15.4. The molecule has 1 heterocycles. The van der Waals surface area contributed by atoms with Crippen molar-refractivity contribution in [1.29, 1.82) is 0 Å². The number of carbonyl (C=O) groups is 1. The number of nitrogens with zero attached hydrogens (tertiary/aromatic N) is 1. The SMILES string of the molecule is CC(=O)C(=CN)c1cc(OCC(C)(C)O)ccn1. The van der Waals surface area contributed by atoms with Crippen LogP contribution < -0.4 is 10.5 Å². The Kier molecular flexibility index (Phi) is 4.44. The molecule has 0 spiro atoms. The molecule has 1 rings (SSSR count). The van der Waals surface area contributed by atoms with Crippen molar-refractivity contribution in [2.45, 2.75) is 26.4 Å². The van der Waals surface area contributed by atoms with E-state index >= 15 is 0 Å². The number of ether oxygens (including phenoxy) is 1. The van der Waals surface area contributed by atoms with Crippen molar-refractivity contribution in [1.82, 2.24) is 4.98 Å². The van der Waals surface area contributed by atoms with Crippen LogP contribution in [0, 0.1) is 0 Å². The summed E-state index contributed by atoms with van der Waals surface area (Å²) < 4.78 is 5.42. The molecule has 0 aliphatic carbocycles. The molecule has 3 N–H and O–H groups in total. The first kappa shape index (κ1) is 14.2. The standard InChI is InChI=1S/C13H18N2O3/c1-9(16)11(7-14)12-6-10(4-5-15-12)18-8-13(2,3)17/h4-7,17H,8,14H2,1-3H3. The van der Waals surface area contributed by atoms with Gasteiger partial charge >= 0.3 is 0 Å². The second-order valence-electron chi connectivity index (χ2n) is 4.61. The van der Waals surface area contributed by atoms with Crippen LogP contribution in [0.2, 0.25) is 0 Å². The normalized spacial score (nSPS) is 12.3. The lowest BCUT2D eigenvalue weighted by atomic mass is 10.1. The number of aromatic nitrogens is 1. The van der Waals surface area contributed by atoms with Gasteiger partial charge in [-0.15, -0.1) is 0 Å². The molecule has 18 heavy (non-hydrogen) atoms. The topological polar surface area (TPSA) is 85.4 Å². The molecule has 0 saturated carbocycles. The van der Waals surface area contributed by atoms with Crippen LogP contribution in [0.1, 0.15) is 26.5 Å². The van der Waals surface area contributed by atoms with Gasteiger partial charge in [0.15, 0.2) is 5.78 Å². The summed E-state index contributed by atoms with van der Waals surface area (Å²) in [5.41, 5.74) is 5.27. The summed E-state index contributed by atoms with van der Waals surface area (Å²) in [5, 5.41) is 9.57. The lowest BCUT2D eigenvalue weighted by Crippen LogP contribution is -2.27. The highest BCUT2D eigenvalue weighted by atomic mass is 16.5. The Bertz CT molecular complexity index is 462. The van der Waals surface area contributed by atoms with Crippen LogP contribution in [0.4, 0.5) is 0 Å². The second kappa shape index (κ2) is 5.64. The minimum atomic E-state index is -0.920. The summed E-state index contributed by atoms with van der Waals surface area (Å²) in [6.45, 7) is 4.87. The molecule has 0 radical (unpaired) electrons. The number of pyridine rings is 1. The van der Waals surface area contributed by atoms with Crippen LogP contribution in [0.5, 0.6) is 5.75 Å². The highest BCUT2D eigenvalue weighted by molar-refractivity contribution is 6.18. The Morgan fingerprint density at radius 3 is 2.78 bits per heavy atom. The van der Waals surface area contributed by atoms with Crippen molar-refractivity contribution in [2.24, 2.45) is 5.73 Å². The average molecular weight is 250 g/mol. The van der Waals surface area contributed by atoms with Crippen LogP contribution in [-0.4, -0.2) is 28.1 Å².